The summed E-state index contributed by atoms with van der Waals surface area (Å²) in [4.78, 5) is 42.3. The van der Waals surface area contributed by atoms with E-state index in [2.05, 4.69) is 15.6 Å². The van der Waals surface area contributed by atoms with Crippen molar-refractivity contribution < 1.29 is 28.3 Å². The molecule has 0 unspecified atom stereocenters. The maximum atomic E-state index is 14.2. The number of urea groups is 1. The maximum Gasteiger partial charge on any atom is 0.318 e. The molecule has 3 aliphatic rings. The molecule has 0 aromatic carbocycles. The highest BCUT2D eigenvalue weighted by molar-refractivity contribution is 5.91. The van der Waals surface area contributed by atoms with Gasteiger partial charge in [-0.25, -0.2) is 13.6 Å². The molecular formula is C24H38F2N4O4. The molecule has 10 heteroatoms. The fraction of sp³-hybridized carbons (Fsp3) is 0.833. The fourth-order valence-electron chi connectivity index (χ4n) is 5.32. The third kappa shape index (κ3) is 6.88. The van der Waals surface area contributed by atoms with Crippen molar-refractivity contribution in [2.75, 3.05) is 20.1 Å². The second kappa shape index (κ2) is 10.6. The van der Waals surface area contributed by atoms with Gasteiger partial charge in [0.05, 0.1) is 5.54 Å². The molecule has 1 spiro atoms. The average Bonchev–Trinajstić information content (AvgIpc) is 3.54. The number of carbonyl (C=O) groups is 3. The van der Waals surface area contributed by atoms with Crippen LogP contribution in [0.5, 0.6) is 0 Å². The third-order valence-corrected chi connectivity index (χ3v) is 7.91. The Morgan fingerprint density at radius 3 is 2.26 bits per heavy atom. The summed E-state index contributed by atoms with van der Waals surface area (Å²) in [5.41, 5.74) is -0.469. The van der Waals surface area contributed by atoms with Crippen molar-refractivity contribution in [3.63, 3.8) is 0 Å². The molecule has 1 heterocycles. The summed E-state index contributed by atoms with van der Waals surface area (Å²) in [7, 11) is 1.60. The lowest BCUT2D eigenvalue weighted by molar-refractivity contribution is -0.138. The topological polar surface area (TPSA) is 111 Å². The van der Waals surface area contributed by atoms with Crippen LogP contribution in [0.1, 0.15) is 77.6 Å². The Hall–Kier alpha value is -2.26. The fourth-order valence-corrected chi connectivity index (χ4v) is 5.32. The van der Waals surface area contributed by atoms with Crippen LogP contribution in [-0.2, 0) is 9.59 Å². The van der Waals surface area contributed by atoms with Gasteiger partial charge in [-0.05, 0) is 62.7 Å². The van der Waals surface area contributed by atoms with Gasteiger partial charge < -0.3 is 20.6 Å². The van der Waals surface area contributed by atoms with Crippen molar-refractivity contribution in [1.82, 2.24) is 15.5 Å². The quantitative estimate of drug-likeness (QED) is 0.434. The van der Waals surface area contributed by atoms with Crippen LogP contribution in [0.15, 0.2) is 4.99 Å². The highest BCUT2D eigenvalue weighted by atomic mass is 19.3. The molecule has 34 heavy (non-hydrogen) atoms. The largest absolute Gasteiger partial charge is 0.481 e. The van der Waals surface area contributed by atoms with Gasteiger partial charge in [0.2, 0.25) is 11.8 Å². The van der Waals surface area contributed by atoms with E-state index in [0.717, 1.165) is 38.5 Å². The van der Waals surface area contributed by atoms with Gasteiger partial charge in [-0.15, -0.1) is 0 Å². The number of nitrogens with zero attached hydrogens (tertiary/aromatic N) is 2. The van der Waals surface area contributed by atoms with Gasteiger partial charge in [0.1, 0.15) is 6.04 Å². The van der Waals surface area contributed by atoms with Crippen molar-refractivity contribution in [1.29, 1.82) is 0 Å². The van der Waals surface area contributed by atoms with Crippen LogP contribution in [0.3, 0.4) is 0 Å². The van der Waals surface area contributed by atoms with Crippen molar-refractivity contribution >= 4 is 24.1 Å². The van der Waals surface area contributed by atoms with Crippen LogP contribution in [-0.4, -0.2) is 71.8 Å². The zero-order valence-electron chi connectivity index (χ0n) is 20.2. The summed E-state index contributed by atoms with van der Waals surface area (Å²) in [5.74, 6) is -4.21. The Morgan fingerprint density at radius 2 is 1.76 bits per heavy atom. The minimum Gasteiger partial charge on any atom is -0.481 e. The number of alkyl halides is 2. The first-order valence-corrected chi connectivity index (χ1v) is 12.4. The van der Waals surface area contributed by atoms with Gasteiger partial charge in [-0.2, -0.15) is 0 Å². The van der Waals surface area contributed by atoms with Crippen LogP contribution >= 0.6 is 0 Å². The number of piperidine rings is 1. The predicted molar refractivity (Wildman–Crippen MR) is 124 cm³/mol. The number of hydrogen-bond acceptors (Lipinski definition) is 4. The number of rotatable bonds is 9. The van der Waals surface area contributed by atoms with Crippen molar-refractivity contribution in [3.05, 3.63) is 0 Å². The molecule has 8 nitrogen and oxygen atoms in total. The van der Waals surface area contributed by atoms with E-state index in [-0.39, 0.29) is 17.8 Å². The SMILES string of the molecule is CCC(F)(F)C[C@H](NC(=O)N1CCC2(CCC(CC(=O)O)CC2)CC1)C(=O)NC1(C=NC)CC1. The molecule has 0 radical (unpaired) electrons. The molecule has 0 aromatic rings. The predicted octanol–water partition coefficient (Wildman–Crippen LogP) is 3.60. The van der Waals surface area contributed by atoms with E-state index in [1.807, 2.05) is 0 Å². The van der Waals surface area contributed by atoms with Crippen LogP contribution in [0, 0.1) is 11.3 Å². The number of likely N-dealkylation sites (tertiary alicyclic amines) is 1. The molecule has 1 aliphatic heterocycles. The van der Waals surface area contributed by atoms with E-state index in [9.17, 15) is 23.2 Å². The number of aliphatic carboxylic acids is 1. The lowest BCUT2D eigenvalue weighted by atomic mass is 9.65. The monoisotopic (exact) mass is 484 g/mol. The Morgan fingerprint density at radius 1 is 1.15 bits per heavy atom. The summed E-state index contributed by atoms with van der Waals surface area (Å²) in [5, 5.41) is 14.4. The Balaban J connectivity index is 1.56. The molecule has 0 aromatic heterocycles. The molecule has 3 fully saturated rings. The third-order valence-electron chi connectivity index (χ3n) is 7.91. The van der Waals surface area contributed by atoms with Crippen molar-refractivity contribution in [2.45, 2.75) is 95.1 Å². The molecule has 1 saturated heterocycles. The van der Waals surface area contributed by atoms with Crippen molar-refractivity contribution in [3.8, 4) is 0 Å². The normalized spacial score (nSPS) is 23.0. The highest BCUT2D eigenvalue weighted by Gasteiger charge is 2.46. The van der Waals surface area contributed by atoms with Gasteiger partial charge in [0.25, 0.3) is 0 Å². The minimum absolute atomic E-state index is 0.121. The maximum absolute atomic E-state index is 14.2. The van der Waals surface area contributed by atoms with E-state index in [4.69, 9.17) is 5.11 Å². The minimum atomic E-state index is -3.06. The number of halogens is 2. The molecule has 2 saturated carbocycles. The summed E-state index contributed by atoms with van der Waals surface area (Å²) in [6, 6.07) is -1.82. The number of carboxylic acid groups (broad SMARTS) is 1. The summed E-state index contributed by atoms with van der Waals surface area (Å²) in [6.07, 6.45) is 7.35. The standard InChI is InChI=1S/C24H38F2N4O4/c1-3-24(25,26)15-18(20(33)29-23(8-9-23)16-27-2)28-21(34)30-12-10-22(11-13-30)6-4-17(5-7-22)14-19(31)32/h16-18H,3-15H2,1-2H3,(H,28,34)(H,29,33)(H,31,32)/t18-/m0/s1. The zero-order chi connectivity index (χ0) is 25.0. The van der Waals surface area contributed by atoms with Gasteiger partial charge >= 0.3 is 12.0 Å². The summed E-state index contributed by atoms with van der Waals surface area (Å²) in [6.45, 7) is 2.36. The Labute approximate surface area is 199 Å². The summed E-state index contributed by atoms with van der Waals surface area (Å²) >= 11 is 0. The Bertz CT molecular complexity index is 782. The number of carbonyl (C=O) groups excluding carboxylic acids is 2. The van der Waals surface area contributed by atoms with E-state index < -0.39 is 48.3 Å². The molecule has 3 rings (SSSR count). The van der Waals surface area contributed by atoms with Gasteiger partial charge in [0, 0.05) is 45.6 Å². The van der Waals surface area contributed by atoms with Gasteiger partial charge in [0.15, 0.2) is 0 Å². The van der Waals surface area contributed by atoms with Crippen LogP contribution in [0.25, 0.3) is 0 Å². The molecule has 3 amide bonds. The van der Waals surface area contributed by atoms with E-state index in [0.29, 0.717) is 25.9 Å². The zero-order valence-corrected chi connectivity index (χ0v) is 20.2. The molecule has 192 valence electrons. The molecule has 0 bridgehead atoms. The molecule has 3 N–H and O–H groups in total. The highest BCUT2D eigenvalue weighted by Crippen LogP contribution is 2.47. The summed E-state index contributed by atoms with van der Waals surface area (Å²) < 4.78 is 28.4. The smallest absolute Gasteiger partial charge is 0.318 e. The van der Waals surface area contributed by atoms with Gasteiger partial charge in [-0.1, -0.05) is 6.92 Å². The lowest BCUT2D eigenvalue weighted by Crippen LogP contribution is -2.56. The Kier molecular flexibility index (Phi) is 8.18. The van der Waals surface area contributed by atoms with E-state index in [1.54, 1.807) is 18.2 Å². The first-order chi connectivity index (χ1) is 16.0. The van der Waals surface area contributed by atoms with E-state index in [1.165, 1.54) is 6.92 Å². The van der Waals surface area contributed by atoms with Crippen LogP contribution in [0.2, 0.25) is 0 Å². The number of carboxylic acids is 1. The van der Waals surface area contributed by atoms with Gasteiger partial charge in [-0.3, -0.25) is 14.6 Å². The second-order valence-electron chi connectivity index (χ2n) is 10.5. The van der Waals surface area contributed by atoms with Crippen LogP contribution in [0.4, 0.5) is 13.6 Å². The van der Waals surface area contributed by atoms with E-state index >= 15 is 0 Å². The molecular weight excluding hydrogens is 446 g/mol. The number of nitrogens with one attached hydrogen (secondary N) is 2. The first kappa shape index (κ1) is 26.3. The molecule has 1 atom stereocenters. The second-order valence-corrected chi connectivity index (χ2v) is 10.5. The number of amides is 3. The average molecular weight is 485 g/mol. The van der Waals surface area contributed by atoms with Crippen LogP contribution < -0.4 is 10.6 Å². The first-order valence-electron chi connectivity index (χ1n) is 12.4. The van der Waals surface area contributed by atoms with Crippen molar-refractivity contribution in [2.24, 2.45) is 16.3 Å². The number of aliphatic imine (C=N–C) groups is 1. The lowest BCUT2D eigenvalue weighted by Gasteiger charge is -2.46. The molecule has 2 aliphatic carbocycles. The number of hydrogen-bond donors (Lipinski definition) is 3.